The minimum absolute atomic E-state index is 0.0325. The van der Waals surface area contributed by atoms with Crippen LogP contribution < -0.4 is 0 Å². The van der Waals surface area contributed by atoms with Crippen molar-refractivity contribution in [3.05, 3.63) is 49.6 Å². The number of rotatable bonds is 8. The summed E-state index contributed by atoms with van der Waals surface area (Å²) in [5, 5.41) is 0. The van der Waals surface area contributed by atoms with Crippen molar-refractivity contribution in [2.24, 2.45) is 0 Å². The first kappa shape index (κ1) is 21.7. The summed E-state index contributed by atoms with van der Waals surface area (Å²) in [6.07, 6.45) is 2.62. The topological polar surface area (TPSA) is 78.9 Å². The van der Waals surface area contributed by atoms with E-state index in [2.05, 4.69) is 40.5 Å². The van der Waals surface area contributed by atoms with Crippen LogP contribution in [0.3, 0.4) is 0 Å². The van der Waals surface area contributed by atoms with E-state index < -0.39 is 17.9 Å². The summed E-state index contributed by atoms with van der Waals surface area (Å²) in [7, 11) is 0. The van der Waals surface area contributed by atoms with Crippen LogP contribution in [0.1, 0.15) is 13.8 Å². The second-order valence-electron chi connectivity index (χ2n) is 3.96. The quantitative estimate of drug-likeness (QED) is 0.225. The Hall–Kier alpha value is -2.63. The van der Waals surface area contributed by atoms with Crippen LogP contribution in [0.15, 0.2) is 49.6 Å². The third-order valence-corrected chi connectivity index (χ3v) is 1.76. The van der Waals surface area contributed by atoms with Gasteiger partial charge in [0.25, 0.3) is 0 Å². The number of carbonyl (C=O) groups excluding carboxylic acids is 3. The van der Waals surface area contributed by atoms with Crippen LogP contribution >= 0.6 is 0 Å². The number of hydrogen-bond acceptors (Lipinski definition) is 6. The van der Waals surface area contributed by atoms with Gasteiger partial charge in [-0.2, -0.15) is 0 Å². The molecule has 6 heteroatoms. The SMILES string of the molecule is C=C(C)C(=O)OCCOC(=O)C(=C)C.C=CCOC(=O)C=C. The van der Waals surface area contributed by atoms with E-state index in [1.165, 1.54) is 6.08 Å². The third-order valence-electron chi connectivity index (χ3n) is 1.76. The van der Waals surface area contributed by atoms with E-state index in [1.54, 1.807) is 13.8 Å². The van der Waals surface area contributed by atoms with Gasteiger partial charge >= 0.3 is 17.9 Å². The zero-order chi connectivity index (χ0) is 17.5. The van der Waals surface area contributed by atoms with Crippen LogP contribution in [0.2, 0.25) is 0 Å². The van der Waals surface area contributed by atoms with Gasteiger partial charge in [0.15, 0.2) is 0 Å². The van der Waals surface area contributed by atoms with Crippen molar-refractivity contribution in [3.8, 4) is 0 Å². The fourth-order valence-corrected chi connectivity index (χ4v) is 0.715. The van der Waals surface area contributed by atoms with E-state index in [0.717, 1.165) is 6.08 Å². The van der Waals surface area contributed by atoms with Gasteiger partial charge in [-0.05, 0) is 13.8 Å². The normalized spacial score (nSPS) is 8.45. The first-order chi connectivity index (χ1) is 10.3. The number of carbonyl (C=O) groups is 3. The minimum Gasteiger partial charge on any atom is -0.459 e. The molecule has 0 aromatic rings. The van der Waals surface area contributed by atoms with Crippen molar-refractivity contribution in [1.29, 1.82) is 0 Å². The van der Waals surface area contributed by atoms with Gasteiger partial charge in [0.05, 0.1) is 0 Å². The van der Waals surface area contributed by atoms with Gasteiger partial charge in [-0.3, -0.25) is 0 Å². The summed E-state index contributed by atoms with van der Waals surface area (Å²) in [6.45, 7) is 16.8. The van der Waals surface area contributed by atoms with Crippen LogP contribution in [-0.4, -0.2) is 37.7 Å². The second-order valence-corrected chi connectivity index (χ2v) is 3.96. The highest BCUT2D eigenvalue weighted by atomic mass is 16.6. The van der Waals surface area contributed by atoms with Crippen molar-refractivity contribution < 1.29 is 28.6 Å². The highest BCUT2D eigenvalue weighted by molar-refractivity contribution is 5.87. The first-order valence-corrected chi connectivity index (χ1v) is 6.31. The lowest BCUT2D eigenvalue weighted by atomic mass is 10.4. The second kappa shape index (κ2) is 13.4. The van der Waals surface area contributed by atoms with E-state index >= 15 is 0 Å². The molecule has 0 atom stereocenters. The molecule has 122 valence electrons. The maximum absolute atomic E-state index is 10.8. The standard InChI is InChI=1S/C10H14O4.C6H8O2/c1-7(2)9(11)13-5-6-14-10(12)8(3)4;1-3-5-8-6(7)4-2/h1,3,5-6H2,2,4H3;3-4H,1-2,5H2. The molecule has 0 amide bonds. The van der Waals surface area contributed by atoms with Crippen molar-refractivity contribution >= 4 is 17.9 Å². The summed E-state index contributed by atoms with van der Waals surface area (Å²) in [4.78, 5) is 31.9. The van der Waals surface area contributed by atoms with E-state index in [1.807, 2.05) is 0 Å². The van der Waals surface area contributed by atoms with Crippen LogP contribution in [0.25, 0.3) is 0 Å². The van der Waals surface area contributed by atoms with Crippen molar-refractivity contribution in [2.45, 2.75) is 13.8 Å². The Bertz CT molecular complexity index is 420. The van der Waals surface area contributed by atoms with Crippen molar-refractivity contribution in [2.75, 3.05) is 19.8 Å². The molecule has 0 aliphatic carbocycles. The molecular formula is C16H22O6. The van der Waals surface area contributed by atoms with E-state index in [0.29, 0.717) is 11.1 Å². The monoisotopic (exact) mass is 310 g/mol. The van der Waals surface area contributed by atoms with Crippen LogP contribution in [0, 0.1) is 0 Å². The molecule has 0 saturated carbocycles. The molecule has 0 unspecified atom stereocenters. The molecule has 0 aliphatic heterocycles. The van der Waals surface area contributed by atoms with Gasteiger partial charge in [0.1, 0.15) is 19.8 Å². The first-order valence-electron chi connectivity index (χ1n) is 6.31. The van der Waals surface area contributed by atoms with Gasteiger partial charge in [-0.15, -0.1) is 0 Å². The van der Waals surface area contributed by atoms with E-state index in [9.17, 15) is 14.4 Å². The highest BCUT2D eigenvalue weighted by Crippen LogP contribution is 1.94. The zero-order valence-electron chi connectivity index (χ0n) is 13.1. The molecule has 0 saturated heterocycles. The summed E-state index contributed by atoms with van der Waals surface area (Å²) < 4.78 is 13.8. The molecule has 0 spiro atoms. The lowest BCUT2D eigenvalue weighted by molar-refractivity contribution is -0.147. The lowest BCUT2D eigenvalue weighted by Gasteiger charge is -2.05. The largest absolute Gasteiger partial charge is 0.459 e. The maximum atomic E-state index is 10.8. The predicted molar refractivity (Wildman–Crippen MR) is 82.9 cm³/mol. The van der Waals surface area contributed by atoms with E-state index in [-0.39, 0.29) is 19.8 Å². The summed E-state index contributed by atoms with van der Waals surface area (Å²) in [6, 6.07) is 0. The number of ether oxygens (including phenoxy) is 3. The molecular weight excluding hydrogens is 288 g/mol. The molecule has 0 rings (SSSR count). The molecule has 0 heterocycles. The Morgan fingerprint density at radius 2 is 1.27 bits per heavy atom. The van der Waals surface area contributed by atoms with Crippen molar-refractivity contribution in [3.63, 3.8) is 0 Å². The van der Waals surface area contributed by atoms with Gasteiger partial charge in [-0.1, -0.05) is 32.4 Å². The molecule has 0 fully saturated rings. The molecule has 0 aromatic heterocycles. The fourth-order valence-electron chi connectivity index (χ4n) is 0.715. The number of hydrogen-bond donors (Lipinski definition) is 0. The van der Waals surface area contributed by atoms with Gasteiger partial charge in [0.2, 0.25) is 0 Å². The molecule has 22 heavy (non-hydrogen) atoms. The van der Waals surface area contributed by atoms with E-state index in [4.69, 9.17) is 0 Å². The van der Waals surface area contributed by atoms with Crippen LogP contribution in [0.5, 0.6) is 0 Å². The molecule has 0 N–H and O–H groups in total. The van der Waals surface area contributed by atoms with Crippen molar-refractivity contribution in [1.82, 2.24) is 0 Å². The minimum atomic E-state index is -0.489. The third kappa shape index (κ3) is 13.8. The Kier molecular flexibility index (Phi) is 13.2. The fraction of sp³-hybridized carbons (Fsp3) is 0.312. The summed E-state index contributed by atoms with van der Waals surface area (Å²) >= 11 is 0. The van der Waals surface area contributed by atoms with Crippen LogP contribution in [-0.2, 0) is 28.6 Å². The Morgan fingerprint density at radius 3 is 1.55 bits per heavy atom. The molecule has 0 aliphatic rings. The van der Waals surface area contributed by atoms with Gasteiger partial charge in [-0.25, -0.2) is 14.4 Å². The average Bonchev–Trinajstić information content (AvgIpc) is 2.48. The summed E-state index contributed by atoms with van der Waals surface area (Å²) in [5.41, 5.74) is 0.632. The predicted octanol–water partition coefficient (Wildman–Crippen LogP) is 2.13. The summed E-state index contributed by atoms with van der Waals surface area (Å²) in [5.74, 6) is -1.39. The maximum Gasteiger partial charge on any atom is 0.333 e. The molecule has 0 aromatic carbocycles. The lowest BCUT2D eigenvalue weighted by Crippen LogP contribution is -2.14. The van der Waals surface area contributed by atoms with Gasteiger partial charge < -0.3 is 14.2 Å². The average molecular weight is 310 g/mol. The Labute approximate surface area is 130 Å². The number of esters is 3. The zero-order valence-corrected chi connectivity index (χ0v) is 13.1. The van der Waals surface area contributed by atoms with Gasteiger partial charge in [0, 0.05) is 17.2 Å². The Morgan fingerprint density at radius 1 is 0.864 bits per heavy atom. The molecule has 0 bridgehead atoms. The molecule has 6 nitrogen and oxygen atoms in total. The highest BCUT2D eigenvalue weighted by Gasteiger charge is 2.05. The smallest absolute Gasteiger partial charge is 0.333 e. The Balaban J connectivity index is 0. The molecule has 0 radical (unpaired) electrons. The van der Waals surface area contributed by atoms with Crippen LogP contribution in [0.4, 0.5) is 0 Å².